The molecule has 0 saturated heterocycles. The van der Waals surface area contributed by atoms with Crippen LogP contribution in [0, 0.1) is 0 Å². The smallest absolute Gasteiger partial charge is 0.240 e. The highest BCUT2D eigenvalue weighted by molar-refractivity contribution is 7.89. The molecule has 0 aliphatic heterocycles. The largest absolute Gasteiger partial charge is 0.270 e. The van der Waals surface area contributed by atoms with Crippen LogP contribution in [0.1, 0.15) is 0 Å². The number of benzene rings is 1. The van der Waals surface area contributed by atoms with E-state index in [1.54, 1.807) is 10.9 Å². The zero-order valence-electron chi connectivity index (χ0n) is 9.75. The Labute approximate surface area is 121 Å². The Morgan fingerprint density at radius 1 is 1.16 bits per heavy atom. The van der Waals surface area contributed by atoms with Gasteiger partial charge in [0.1, 0.15) is 0 Å². The van der Waals surface area contributed by atoms with Gasteiger partial charge in [-0.05, 0) is 24.3 Å². The van der Waals surface area contributed by atoms with Gasteiger partial charge in [0.25, 0.3) is 0 Å². The number of aromatic nitrogens is 2. The number of halogens is 2. The van der Waals surface area contributed by atoms with Crippen LogP contribution in [-0.4, -0.2) is 24.7 Å². The van der Waals surface area contributed by atoms with Crippen molar-refractivity contribution in [3.8, 4) is 0 Å². The van der Waals surface area contributed by atoms with Gasteiger partial charge in [0.05, 0.1) is 22.7 Å². The first-order valence-electron chi connectivity index (χ1n) is 5.40. The molecule has 0 unspecified atom stereocenters. The first kappa shape index (κ1) is 14.3. The van der Waals surface area contributed by atoms with Gasteiger partial charge in [-0.25, -0.2) is 13.1 Å². The highest BCUT2D eigenvalue weighted by atomic mass is 35.5. The Balaban J connectivity index is 1.96. The van der Waals surface area contributed by atoms with E-state index in [0.717, 1.165) is 0 Å². The second-order valence-electron chi connectivity index (χ2n) is 3.77. The molecular formula is C11H11Cl2N3O2S. The van der Waals surface area contributed by atoms with E-state index in [0.29, 0.717) is 16.6 Å². The van der Waals surface area contributed by atoms with Gasteiger partial charge < -0.3 is 0 Å². The SMILES string of the molecule is O=S(=O)(NCCn1cc(Cl)cn1)c1ccc(Cl)cc1. The number of hydrogen-bond acceptors (Lipinski definition) is 3. The summed E-state index contributed by atoms with van der Waals surface area (Å²) in [4.78, 5) is 0.176. The third-order valence-electron chi connectivity index (χ3n) is 2.36. The Bertz CT molecular complexity index is 653. The van der Waals surface area contributed by atoms with Gasteiger partial charge >= 0.3 is 0 Å². The summed E-state index contributed by atoms with van der Waals surface area (Å²) < 4.78 is 27.9. The van der Waals surface area contributed by atoms with E-state index in [2.05, 4.69) is 9.82 Å². The van der Waals surface area contributed by atoms with E-state index in [1.165, 1.54) is 30.5 Å². The van der Waals surface area contributed by atoms with Crippen molar-refractivity contribution < 1.29 is 8.42 Å². The molecule has 0 amide bonds. The van der Waals surface area contributed by atoms with Gasteiger partial charge in [-0.15, -0.1) is 0 Å². The van der Waals surface area contributed by atoms with Crippen molar-refractivity contribution in [2.75, 3.05) is 6.54 Å². The lowest BCUT2D eigenvalue weighted by atomic mass is 10.4. The molecule has 8 heteroatoms. The standard InChI is InChI=1S/C11H11Cl2N3O2S/c12-9-1-3-11(4-2-9)19(17,18)15-5-6-16-8-10(13)7-14-16/h1-4,7-8,15H,5-6H2. The summed E-state index contributed by atoms with van der Waals surface area (Å²) in [6, 6.07) is 5.97. The molecule has 0 saturated carbocycles. The number of nitrogens with one attached hydrogen (secondary N) is 1. The van der Waals surface area contributed by atoms with Crippen LogP contribution in [0.15, 0.2) is 41.6 Å². The Morgan fingerprint density at radius 2 is 1.84 bits per heavy atom. The van der Waals surface area contributed by atoms with Gasteiger partial charge in [-0.1, -0.05) is 23.2 Å². The van der Waals surface area contributed by atoms with E-state index in [4.69, 9.17) is 23.2 Å². The lowest BCUT2D eigenvalue weighted by Gasteiger charge is -2.06. The summed E-state index contributed by atoms with van der Waals surface area (Å²) in [6.45, 7) is 0.627. The van der Waals surface area contributed by atoms with Crippen molar-refractivity contribution in [3.05, 3.63) is 46.7 Å². The van der Waals surface area contributed by atoms with Gasteiger partial charge in [0.15, 0.2) is 0 Å². The summed E-state index contributed by atoms with van der Waals surface area (Å²) >= 11 is 11.4. The second kappa shape index (κ2) is 5.92. The van der Waals surface area contributed by atoms with Crippen LogP contribution >= 0.6 is 23.2 Å². The predicted molar refractivity (Wildman–Crippen MR) is 73.9 cm³/mol. The fourth-order valence-corrected chi connectivity index (χ4v) is 2.76. The van der Waals surface area contributed by atoms with Crippen LogP contribution < -0.4 is 4.72 Å². The molecule has 2 rings (SSSR count). The summed E-state index contributed by atoms with van der Waals surface area (Å²) in [5.74, 6) is 0. The minimum absolute atomic E-state index is 0.176. The molecule has 1 heterocycles. The van der Waals surface area contributed by atoms with Crippen LogP contribution in [0.3, 0.4) is 0 Å². The normalized spacial score (nSPS) is 11.7. The molecule has 0 aliphatic carbocycles. The molecule has 19 heavy (non-hydrogen) atoms. The van der Waals surface area contributed by atoms with E-state index < -0.39 is 10.0 Å². The van der Waals surface area contributed by atoms with Crippen LogP contribution in [0.4, 0.5) is 0 Å². The fourth-order valence-electron chi connectivity index (χ4n) is 1.45. The van der Waals surface area contributed by atoms with Gasteiger partial charge in [0, 0.05) is 17.8 Å². The van der Waals surface area contributed by atoms with Gasteiger partial charge in [0.2, 0.25) is 10.0 Å². The average Bonchev–Trinajstić information content (AvgIpc) is 2.75. The quantitative estimate of drug-likeness (QED) is 0.918. The minimum Gasteiger partial charge on any atom is -0.270 e. The van der Waals surface area contributed by atoms with Gasteiger partial charge in [-0.2, -0.15) is 5.10 Å². The van der Waals surface area contributed by atoms with Crippen molar-refractivity contribution in [1.82, 2.24) is 14.5 Å². The van der Waals surface area contributed by atoms with Crippen molar-refractivity contribution in [1.29, 1.82) is 0 Å². The van der Waals surface area contributed by atoms with E-state index >= 15 is 0 Å². The van der Waals surface area contributed by atoms with Crippen molar-refractivity contribution in [2.45, 2.75) is 11.4 Å². The molecule has 1 N–H and O–H groups in total. The Kier molecular flexibility index (Phi) is 4.46. The monoisotopic (exact) mass is 319 g/mol. The number of hydrogen-bond donors (Lipinski definition) is 1. The topological polar surface area (TPSA) is 64.0 Å². The first-order valence-corrected chi connectivity index (χ1v) is 7.64. The molecule has 1 aromatic carbocycles. The molecule has 0 bridgehead atoms. The third-order valence-corrected chi connectivity index (χ3v) is 4.28. The zero-order chi connectivity index (χ0) is 13.9. The summed E-state index contributed by atoms with van der Waals surface area (Å²) in [7, 11) is -3.52. The van der Waals surface area contributed by atoms with E-state index in [9.17, 15) is 8.42 Å². The number of rotatable bonds is 5. The molecule has 0 aliphatic rings. The van der Waals surface area contributed by atoms with Crippen molar-refractivity contribution in [2.24, 2.45) is 0 Å². The molecule has 0 radical (unpaired) electrons. The van der Waals surface area contributed by atoms with Crippen LogP contribution in [0.25, 0.3) is 0 Å². The highest BCUT2D eigenvalue weighted by Gasteiger charge is 2.12. The molecule has 5 nitrogen and oxygen atoms in total. The first-order chi connectivity index (χ1) is 8.97. The lowest BCUT2D eigenvalue weighted by molar-refractivity contribution is 0.561. The minimum atomic E-state index is -3.52. The van der Waals surface area contributed by atoms with E-state index in [-0.39, 0.29) is 11.4 Å². The predicted octanol–water partition coefficient (Wildman–Crippen LogP) is 2.17. The fraction of sp³-hybridized carbons (Fsp3) is 0.182. The van der Waals surface area contributed by atoms with Crippen LogP contribution in [0.2, 0.25) is 10.0 Å². The lowest BCUT2D eigenvalue weighted by Crippen LogP contribution is -2.27. The number of nitrogens with zero attached hydrogens (tertiary/aromatic N) is 2. The molecule has 0 spiro atoms. The summed E-state index contributed by atoms with van der Waals surface area (Å²) in [5, 5.41) is 4.96. The molecule has 102 valence electrons. The second-order valence-corrected chi connectivity index (χ2v) is 6.41. The Hall–Kier alpha value is -1.08. The summed E-state index contributed by atoms with van der Waals surface area (Å²) in [5.41, 5.74) is 0. The summed E-state index contributed by atoms with van der Waals surface area (Å²) in [6.07, 6.45) is 3.12. The van der Waals surface area contributed by atoms with E-state index in [1.807, 2.05) is 0 Å². The molecule has 0 fully saturated rings. The molecule has 1 aromatic heterocycles. The number of sulfonamides is 1. The van der Waals surface area contributed by atoms with Crippen molar-refractivity contribution in [3.63, 3.8) is 0 Å². The van der Waals surface area contributed by atoms with Crippen molar-refractivity contribution >= 4 is 33.2 Å². The third kappa shape index (κ3) is 3.94. The maximum absolute atomic E-state index is 11.9. The average molecular weight is 320 g/mol. The Morgan fingerprint density at radius 3 is 2.42 bits per heavy atom. The maximum atomic E-state index is 11.9. The van der Waals surface area contributed by atoms with Gasteiger partial charge in [-0.3, -0.25) is 4.68 Å². The molecule has 0 atom stereocenters. The molecule has 2 aromatic rings. The molecular weight excluding hydrogens is 309 g/mol. The highest BCUT2D eigenvalue weighted by Crippen LogP contribution is 2.13. The van der Waals surface area contributed by atoms with Crippen LogP contribution in [0.5, 0.6) is 0 Å². The maximum Gasteiger partial charge on any atom is 0.240 e. The zero-order valence-corrected chi connectivity index (χ0v) is 12.1. The van der Waals surface area contributed by atoms with Crippen LogP contribution in [-0.2, 0) is 16.6 Å².